The van der Waals surface area contributed by atoms with Crippen LogP contribution in [0.1, 0.15) is 0 Å². The first-order valence-corrected chi connectivity index (χ1v) is 4.16. The van der Waals surface area contributed by atoms with Crippen LogP contribution >= 0.6 is 8.38 Å². The van der Waals surface area contributed by atoms with Crippen molar-refractivity contribution in [2.45, 2.75) is 0 Å². The first kappa shape index (κ1) is 18.0. The Kier molecular flexibility index (Phi) is 19.8. The maximum absolute atomic E-state index is 9.64. The monoisotopic (exact) mass is 200 g/mol. The van der Waals surface area contributed by atoms with Gasteiger partial charge in [0.25, 0.3) is 0 Å². The van der Waals surface area contributed by atoms with Gasteiger partial charge < -0.3 is 18.2 Å². The zero-order chi connectivity index (χ0) is 6.57. The fourth-order valence-electron chi connectivity index (χ4n) is 0.122. The van der Waals surface area contributed by atoms with Gasteiger partial charge in [-0.1, -0.05) is 0 Å². The van der Waals surface area contributed by atoms with E-state index < -0.39 is 24.8 Å². The van der Waals surface area contributed by atoms with Gasteiger partial charge in [-0.25, -0.2) is 0 Å². The van der Waals surface area contributed by atoms with Gasteiger partial charge in [-0.2, -0.15) is 8.42 Å². The van der Waals surface area contributed by atoms with Crippen molar-refractivity contribution in [3.63, 3.8) is 0 Å². The minimum absolute atomic E-state index is 0. The normalized spacial score (nSPS) is 7.50. The van der Waals surface area contributed by atoms with Crippen LogP contribution in [0.4, 0.5) is 0 Å². The van der Waals surface area contributed by atoms with E-state index in [1.54, 1.807) is 0 Å². The molecule has 0 bridgehead atoms. The predicted molar refractivity (Wildman–Crippen MR) is 26.8 cm³/mol. The SMILES string of the molecule is O=S(=O)=CCP([O-])[O-].[Na+].[Na+]. The Labute approximate surface area is 106 Å². The average molecular weight is 200 g/mol. The summed E-state index contributed by atoms with van der Waals surface area (Å²) in [5.74, 6) is 0. The van der Waals surface area contributed by atoms with Crippen LogP contribution in [-0.2, 0) is 10.3 Å². The summed E-state index contributed by atoms with van der Waals surface area (Å²) in [6, 6.07) is 0. The van der Waals surface area contributed by atoms with Crippen molar-refractivity contribution >= 4 is 24.0 Å². The van der Waals surface area contributed by atoms with Crippen LogP contribution < -0.4 is 68.9 Å². The fourth-order valence-corrected chi connectivity index (χ4v) is 1.10. The van der Waals surface area contributed by atoms with E-state index in [0.29, 0.717) is 5.37 Å². The molecule has 0 heterocycles. The molecule has 10 heavy (non-hydrogen) atoms. The molecule has 0 rings (SSSR count). The summed E-state index contributed by atoms with van der Waals surface area (Å²) in [6.45, 7) is 0. The van der Waals surface area contributed by atoms with Gasteiger partial charge in [0.1, 0.15) is 0 Å². The maximum Gasteiger partial charge on any atom is 1.00 e. The van der Waals surface area contributed by atoms with Crippen molar-refractivity contribution in [3.8, 4) is 0 Å². The van der Waals surface area contributed by atoms with E-state index >= 15 is 0 Å². The first-order chi connectivity index (χ1) is 3.63. The molecule has 0 aromatic heterocycles. The molecule has 0 saturated heterocycles. The van der Waals surface area contributed by atoms with Crippen LogP contribution in [0.2, 0.25) is 0 Å². The second-order valence-electron chi connectivity index (χ2n) is 0.942. The molecule has 8 heteroatoms. The molecule has 0 atom stereocenters. The van der Waals surface area contributed by atoms with Gasteiger partial charge in [0, 0.05) is 5.37 Å². The van der Waals surface area contributed by atoms with Gasteiger partial charge in [0.05, 0.1) is 0 Å². The summed E-state index contributed by atoms with van der Waals surface area (Å²) < 4.78 is 19.2. The quantitative estimate of drug-likeness (QED) is 0.252. The molecule has 0 aliphatic rings. The Balaban J connectivity index is -0.000000245. The summed E-state index contributed by atoms with van der Waals surface area (Å²) in [6.07, 6.45) is -0.397. The second kappa shape index (κ2) is 11.0. The Bertz CT molecular complexity index is 168. The first-order valence-electron chi connectivity index (χ1n) is 1.66. The molecule has 4 nitrogen and oxygen atoms in total. The molecule has 0 unspecified atom stereocenters. The molecular weight excluding hydrogens is 197 g/mol. The van der Waals surface area contributed by atoms with E-state index in [-0.39, 0.29) is 59.1 Å². The second-order valence-corrected chi connectivity index (χ2v) is 2.83. The van der Waals surface area contributed by atoms with Gasteiger partial charge >= 0.3 is 59.1 Å². The van der Waals surface area contributed by atoms with E-state index in [9.17, 15) is 18.2 Å². The van der Waals surface area contributed by atoms with Crippen molar-refractivity contribution in [1.29, 1.82) is 0 Å². The van der Waals surface area contributed by atoms with Crippen molar-refractivity contribution in [1.82, 2.24) is 0 Å². The third kappa shape index (κ3) is 16.6. The van der Waals surface area contributed by atoms with Gasteiger partial charge in [-0.3, -0.25) is 0 Å². The third-order valence-electron chi connectivity index (χ3n) is 0.360. The standard InChI is InChI=1S/C2H3O4PS.2Na/c3-7(4)1-2-8(5)6;;/h2H,1H2;;/q-2;2*+1. The van der Waals surface area contributed by atoms with Gasteiger partial charge in [-0.15, -0.1) is 0 Å². The molecule has 48 valence electrons. The molecule has 0 fully saturated rings. The summed E-state index contributed by atoms with van der Waals surface area (Å²) >= 11 is 0. The van der Waals surface area contributed by atoms with Crippen LogP contribution in [-0.4, -0.2) is 19.9 Å². The van der Waals surface area contributed by atoms with Crippen LogP contribution in [0.5, 0.6) is 0 Å². The molecule has 0 spiro atoms. The molecule has 0 aliphatic carbocycles. The molecule has 0 aromatic carbocycles. The van der Waals surface area contributed by atoms with Gasteiger partial charge in [-0.05, 0) is 6.16 Å². The van der Waals surface area contributed by atoms with Crippen molar-refractivity contribution in [3.05, 3.63) is 0 Å². The van der Waals surface area contributed by atoms with E-state index in [1.165, 1.54) is 0 Å². The van der Waals surface area contributed by atoms with Crippen LogP contribution in [0.3, 0.4) is 0 Å². The van der Waals surface area contributed by atoms with E-state index in [2.05, 4.69) is 0 Å². The summed E-state index contributed by atoms with van der Waals surface area (Å²) in [7, 11) is -4.93. The summed E-state index contributed by atoms with van der Waals surface area (Å²) in [4.78, 5) is 19.3. The Hall–Kier alpha value is 2.04. The molecule has 0 aromatic rings. The van der Waals surface area contributed by atoms with Crippen molar-refractivity contribution in [2.75, 3.05) is 6.16 Å². The number of hydrogen-bond donors (Lipinski definition) is 0. The van der Waals surface area contributed by atoms with Crippen LogP contribution in [0.25, 0.3) is 0 Å². The Morgan fingerprint density at radius 1 is 1.30 bits per heavy atom. The van der Waals surface area contributed by atoms with E-state index in [4.69, 9.17) is 0 Å². The predicted octanol–water partition coefficient (Wildman–Crippen LogP) is -8.29. The fraction of sp³-hybridized carbons (Fsp3) is 0.500. The summed E-state index contributed by atoms with van der Waals surface area (Å²) in [5, 5.41) is 0.686. The topological polar surface area (TPSA) is 80.3 Å². The molecule has 0 N–H and O–H groups in total. The zero-order valence-corrected chi connectivity index (χ0v) is 11.5. The van der Waals surface area contributed by atoms with E-state index in [1.807, 2.05) is 0 Å². The third-order valence-corrected chi connectivity index (χ3v) is 1.53. The Morgan fingerprint density at radius 3 is 1.80 bits per heavy atom. The molecule has 0 saturated carbocycles. The van der Waals surface area contributed by atoms with Crippen molar-refractivity contribution in [2.24, 2.45) is 0 Å². The zero-order valence-electron chi connectivity index (χ0n) is 5.77. The number of hydrogen-bond acceptors (Lipinski definition) is 4. The summed E-state index contributed by atoms with van der Waals surface area (Å²) in [5.41, 5.74) is 0. The van der Waals surface area contributed by atoms with Gasteiger partial charge in [0.2, 0.25) is 10.3 Å². The van der Waals surface area contributed by atoms with Crippen molar-refractivity contribution < 1.29 is 77.3 Å². The average Bonchev–Trinajstić information content (AvgIpc) is 1.61. The molecule has 0 radical (unpaired) electrons. The largest absolute Gasteiger partial charge is 1.00 e. The van der Waals surface area contributed by atoms with Gasteiger partial charge in [0.15, 0.2) is 0 Å². The number of rotatable bonds is 2. The molecule has 0 aliphatic heterocycles. The molecular formula is C2H3Na2O4PS. The minimum atomic E-state index is -2.58. The Morgan fingerprint density at radius 2 is 1.70 bits per heavy atom. The molecule has 0 amide bonds. The van der Waals surface area contributed by atoms with Crippen LogP contribution in [0, 0.1) is 0 Å². The maximum atomic E-state index is 9.64. The van der Waals surface area contributed by atoms with Crippen LogP contribution in [0.15, 0.2) is 0 Å². The minimum Gasteiger partial charge on any atom is -0.841 e. The van der Waals surface area contributed by atoms with E-state index in [0.717, 1.165) is 0 Å². The smallest absolute Gasteiger partial charge is 0.841 e.